The molecular weight excluding hydrogens is 350 g/mol. The molecule has 0 radical (unpaired) electrons. The summed E-state index contributed by atoms with van der Waals surface area (Å²) in [5.74, 6) is 0. The summed E-state index contributed by atoms with van der Waals surface area (Å²) < 4.78 is 0. The number of allylic oxidation sites excluding steroid dienone is 2. The molecule has 0 atom stereocenters. The Morgan fingerprint density at radius 2 is 1.24 bits per heavy atom. The maximum Gasteiger partial charge on any atom is -0.00169 e. The van der Waals surface area contributed by atoms with Crippen molar-refractivity contribution in [2.45, 2.75) is 32.6 Å². The lowest BCUT2D eigenvalue weighted by molar-refractivity contribution is 0.400. The molecule has 0 aromatic heterocycles. The zero-order valence-electron chi connectivity index (χ0n) is 18.1. The fourth-order valence-electron chi connectivity index (χ4n) is 3.89. The molecule has 0 saturated carbocycles. The van der Waals surface area contributed by atoms with E-state index in [1.54, 1.807) is 0 Å². The quantitative estimate of drug-likeness (QED) is 0.370. The van der Waals surface area contributed by atoms with Gasteiger partial charge in [0.25, 0.3) is 0 Å². The monoisotopic (exact) mass is 383 g/mol. The first-order chi connectivity index (χ1) is 14.2. The van der Waals surface area contributed by atoms with Gasteiger partial charge >= 0.3 is 0 Å². The molecule has 0 aliphatic rings. The molecule has 0 heterocycles. The molecule has 150 valence electrons. The van der Waals surface area contributed by atoms with Gasteiger partial charge in [0.2, 0.25) is 0 Å². The van der Waals surface area contributed by atoms with Gasteiger partial charge in [-0.1, -0.05) is 91.9 Å². The van der Waals surface area contributed by atoms with Crippen LogP contribution in [0, 0.1) is 0 Å². The van der Waals surface area contributed by atoms with Gasteiger partial charge < -0.3 is 4.90 Å². The molecule has 1 nitrogen and oxygen atoms in total. The van der Waals surface area contributed by atoms with Gasteiger partial charge in [0.05, 0.1) is 0 Å². The van der Waals surface area contributed by atoms with E-state index in [0.29, 0.717) is 0 Å². The Hall–Kier alpha value is -2.64. The second kappa shape index (κ2) is 10.8. The maximum absolute atomic E-state index is 2.32. The van der Waals surface area contributed by atoms with Gasteiger partial charge in [0.1, 0.15) is 0 Å². The van der Waals surface area contributed by atoms with E-state index in [2.05, 4.69) is 111 Å². The number of nitrogens with zero attached hydrogens (tertiary/aromatic N) is 1. The third-order valence-corrected chi connectivity index (χ3v) is 5.44. The number of rotatable bonds is 9. The Morgan fingerprint density at radius 3 is 1.83 bits per heavy atom. The summed E-state index contributed by atoms with van der Waals surface area (Å²) in [4.78, 5) is 2.25. The van der Waals surface area contributed by atoms with E-state index in [9.17, 15) is 0 Å². The molecular formula is C28H33N. The number of hydrogen-bond donors (Lipinski definition) is 0. The van der Waals surface area contributed by atoms with Crippen LogP contribution in [-0.4, -0.2) is 25.5 Å². The first kappa shape index (κ1) is 21.1. The highest BCUT2D eigenvalue weighted by molar-refractivity contribution is 5.91. The first-order valence-corrected chi connectivity index (χ1v) is 10.7. The molecule has 3 aromatic carbocycles. The van der Waals surface area contributed by atoms with E-state index in [4.69, 9.17) is 0 Å². The van der Waals surface area contributed by atoms with Gasteiger partial charge in [-0.3, -0.25) is 0 Å². The van der Waals surface area contributed by atoms with Crippen molar-refractivity contribution in [2.24, 2.45) is 0 Å². The molecule has 29 heavy (non-hydrogen) atoms. The molecule has 0 aliphatic carbocycles. The summed E-state index contributed by atoms with van der Waals surface area (Å²) in [6.45, 7) is 3.40. The van der Waals surface area contributed by atoms with Crippen LogP contribution in [0.1, 0.15) is 42.0 Å². The Bertz CT molecular complexity index is 890. The highest BCUT2D eigenvalue weighted by Crippen LogP contribution is 2.32. The molecule has 0 spiro atoms. The summed E-state index contributed by atoms with van der Waals surface area (Å²) in [5, 5.41) is 0. The maximum atomic E-state index is 2.32. The van der Waals surface area contributed by atoms with Crippen molar-refractivity contribution in [3.05, 3.63) is 107 Å². The molecule has 0 N–H and O–H groups in total. The predicted octanol–water partition coefficient (Wildman–Crippen LogP) is 6.74. The van der Waals surface area contributed by atoms with Crippen molar-refractivity contribution in [2.75, 3.05) is 20.6 Å². The van der Waals surface area contributed by atoms with Gasteiger partial charge in [0, 0.05) is 0 Å². The SMILES string of the molecule is CCC(=C(Cc1ccccc1)c1ccc(CCCN(C)C)cc1)c1ccccc1. The minimum atomic E-state index is 0.957. The zero-order valence-corrected chi connectivity index (χ0v) is 18.1. The lowest BCUT2D eigenvalue weighted by atomic mass is 9.88. The van der Waals surface area contributed by atoms with Crippen molar-refractivity contribution in [3.8, 4) is 0 Å². The Labute approximate surface area is 176 Å². The van der Waals surface area contributed by atoms with Crippen LogP contribution in [0.25, 0.3) is 11.1 Å². The van der Waals surface area contributed by atoms with Crippen LogP contribution in [0.4, 0.5) is 0 Å². The molecule has 0 aliphatic heterocycles. The summed E-state index contributed by atoms with van der Waals surface area (Å²) in [5.41, 5.74) is 8.33. The number of benzene rings is 3. The van der Waals surface area contributed by atoms with Gasteiger partial charge in [-0.25, -0.2) is 0 Å². The Kier molecular flexibility index (Phi) is 7.84. The van der Waals surface area contributed by atoms with Crippen molar-refractivity contribution in [1.29, 1.82) is 0 Å². The molecule has 0 amide bonds. The van der Waals surface area contributed by atoms with Crippen LogP contribution in [0.3, 0.4) is 0 Å². The minimum Gasteiger partial charge on any atom is -0.309 e. The highest BCUT2D eigenvalue weighted by Gasteiger charge is 2.11. The number of aryl methyl sites for hydroxylation is 1. The molecule has 0 bridgehead atoms. The zero-order chi connectivity index (χ0) is 20.5. The van der Waals surface area contributed by atoms with Gasteiger partial charge in [-0.05, 0) is 79.7 Å². The molecule has 0 saturated heterocycles. The highest BCUT2D eigenvalue weighted by atomic mass is 15.0. The van der Waals surface area contributed by atoms with Crippen molar-refractivity contribution >= 4 is 11.1 Å². The van der Waals surface area contributed by atoms with E-state index < -0.39 is 0 Å². The normalized spacial score (nSPS) is 12.1. The fourth-order valence-corrected chi connectivity index (χ4v) is 3.89. The molecule has 0 unspecified atom stereocenters. The average Bonchev–Trinajstić information content (AvgIpc) is 2.75. The number of hydrogen-bond acceptors (Lipinski definition) is 1. The standard InChI is InChI=1S/C28H33N/c1-4-27(25-15-9-6-10-16-25)28(22-24-12-7-5-8-13-24)26-19-17-23(18-20-26)14-11-21-29(2)3/h5-10,12-13,15-20H,4,11,14,21-22H2,1-3H3. The summed E-state index contributed by atoms with van der Waals surface area (Å²) >= 11 is 0. The lowest BCUT2D eigenvalue weighted by Crippen LogP contribution is -2.13. The Morgan fingerprint density at radius 1 is 0.655 bits per heavy atom. The second-order valence-corrected chi connectivity index (χ2v) is 7.94. The van der Waals surface area contributed by atoms with Crippen LogP contribution < -0.4 is 0 Å². The summed E-state index contributed by atoms with van der Waals surface area (Å²) in [6, 6.07) is 30.9. The lowest BCUT2D eigenvalue weighted by Gasteiger charge is -2.17. The van der Waals surface area contributed by atoms with Crippen LogP contribution >= 0.6 is 0 Å². The third-order valence-electron chi connectivity index (χ3n) is 5.44. The van der Waals surface area contributed by atoms with Crippen molar-refractivity contribution in [1.82, 2.24) is 4.90 Å². The summed E-state index contributed by atoms with van der Waals surface area (Å²) in [7, 11) is 4.28. The van der Waals surface area contributed by atoms with Gasteiger partial charge in [0.15, 0.2) is 0 Å². The third kappa shape index (κ3) is 6.17. The molecule has 0 fully saturated rings. The van der Waals surface area contributed by atoms with E-state index >= 15 is 0 Å². The van der Waals surface area contributed by atoms with Crippen LogP contribution in [0.2, 0.25) is 0 Å². The fraction of sp³-hybridized carbons (Fsp3) is 0.286. The van der Waals surface area contributed by atoms with Gasteiger partial charge in [-0.15, -0.1) is 0 Å². The van der Waals surface area contributed by atoms with Crippen LogP contribution in [0.15, 0.2) is 84.9 Å². The van der Waals surface area contributed by atoms with E-state index in [1.165, 1.54) is 39.8 Å². The molecule has 3 aromatic rings. The largest absolute Gasteiger partial charge is 0.309 e. The van der Waals surface area contributed by atoms with Gasteiger partial charge in [-0.2, -0.15) is 0 Å². The molecule has 3 rings (SSSR count). The molecule has 1 heteroatoms. The summed E-state index contributed by atoms with van der Waals surface area (Å²) in [6.07, 6.45) is 4.31. The van der Waals surface area contributed by atoms with Crippen LogP contribution in [-0.2, 0) is 12.8 Å². The average molecular weight is 384 g/mol. The smallest absolute Gasteiger partial charge is 0.00169 e. The topological polar surface area (TPSA) is 3.24 Å². The van der Waals surface area contributed by atoms with E-state index in [1.807, 2.05) is 0 Å². The first-order valence-electron chi connectivity index (χ1n) is 10.7. The van der Waals surface area contributed by atoms with Crippen molar-refractivity contribution in [3.63, 3.8) is 0 Å². The second-order valence-electron chi connectivity index (χ2n) is 7.94. The Balaban J connectivity index is 1.93. The minimum absolute atomic E-state index is 0.957. The van der Waals surface area contributed by atoms with E-state index in [-0.39, 0.29) is 0 Å². The van der Waals surface area contributed by atoms with Crippen LogP contribution in [0.5, 0.6) is 0 Å². The predicted molar refractivity (Wildman–Crippen MR) is 127 cm³/mol. The van der Waals surface area contributed by atoms with E-state index in [0.717, 1.165) is 25.8 Å². The van der Waals surface area contributed by atoms with Crippen molar-refractivity contribution < 1.29 is 0 Å².